The Labute approximate surface area is 146 Å². The van der Waals surface area contributed by atoms with Crippen LogP contribution in [0.3, 0.4) is 0 Å². The quantitative estimate of drug-likeness (QED) is 0.809. The Morgan fingerprint density at radius 3 is 2.64 bits per heavy atom. The lowest BCUT2D eigenvalue weighted by molar-refractivity contribution is -0.136. The number of hydrogen-bond donors (Lipinski definition) is 2. The highest BCUT2D eigenvalue weighted by Crippen LogP contribution is 2.35. The zero-order chi connectivity index (χ0) is 18.0. The number of allylic oxidation sites excluding steroid dienone is 1. The van der Waals surface area contributed by atoms with Gasteiger partial charge in [-0.1, -0.05) is 0 Å². The minimum atomic E-state index is -0.363. The van der Waals surface area contributed by atoms with E-state index in [-0.39, 0.29) is 24.7 Å². The number of ether oxygens (including phenoxy) is 2. The van der Waals surface area contributed by atoms with Crippen LogP contribution >= 0.6 is 0 Å². The Balaban J connectivity index is 1.94. The minimum absolute atomic E-state index is 0.00725. The van der Waals surface area contributed by atoms with Crippen LogP contribution in [0, 0.1) is 0 Å². The maximum Gasteiger partial charge on any atom is 0.337 e. The largest absolute Gasteiger partial charge is 0.497 e. The number of esters is 1. The van der Waals surface area contributed by atoms with Crippen molar-refractivity contribution >= 4 is 17.6 Å². The Bertz CT molecular complexity index is 712. The number of aliphatic imine (C=N–C) groups is 1. The van der Waals surface area contributed by atoms with E-state index in [1.165, 1.54) is 7.11 Å². The van der Waals surface area contributed by atoms with Gasteiger partial charge in [0.05, 0.1) is 44.2 Å². The number of methoxy groups -OCH3 is 2. The van der Waals surface area contributed by atoms with E-state index < -0.39 is 0 Å². The monoisotopic (exact) mass is 345 g/mol. The van der Waals surface area contributed by atoms with Crippen molar-refractivity contribution in [3.8, 4) is 5.75 Å². The summed E-state index contributed by atoms with van der Waals surface area (Å²) in [5.74, 6) is 1.04. The highest BCUT2D eigenvalue weighted by atomic mass is 16.5. The smallest absolute Gasteiger partial charge is 0.337 e. The number of nitrogens with zero attached hydrogens (tertiary/aromatic N) is 2. The summed E-state index contributed by atoms with van der Waals surface area (Å²) < 4.78 is 10.1. The van der Waals surface area contributed by atoms with Gasteiger partial charge < -0.3 is 24.8 Å². The molecule has 0 radical (unpaired) electrons. The molecule has 7 heteroatoms. The van der Waals surface area contributed by atoms with E-state index >= 15 is 0 Å². The van der Waals surface area contributed by atoms with Gasteiger partial charge in [-0.25, -0.2) is 9.79 Å². The number of carbonyl (C=O) groups is 1. The summed E-state index contributed by atoms with van der Waals surface area (Å²) in [4.78, 5) is 18.7. The number of aliphatic hydroxyl groups is 1. The second-order valence-corrected chi connectivity index (χ2v) is 6.12. The summed E-state index contributed by atoms with van der Waals surface area (Å²) >= 11 is 0. The van der Waals surface area contributed by atoms with Crippen molar-refractivity contribution in [1.29, 1.82) is 0 Å². The van der Waals surface area contributed by atoms with Crippen LogP contribution in [0.2, 0.25) is 0 Å². The summed E-state index contributed by atoms with van der Waals surface area (Å²) in [7, 11) is 3.00. The molecule has 1 aromatic rings. The Morgan fingerprint density at radius 2 is 2.04 bits per heavy atom. The molecule has 25 heavy (non-hydrogen) atoms. The maximum absolute atomic E-state index is 12.2. The Hall–Kier alpha value is -2.54. The van der Waals surface area contributed by atoms with Gasteiger partial charge in [-0.2, -0.15) is 0 Å². The third-order valence-corrected chi connectivity index (χ3v) is 4.71. The fourth-order valence-corrected chi connectivity index (χ4v) is 3.47. The second-order valence-electron chi connectivity index (χ2n) is 6.12. The molecule has 0 spiro atoms. The summed E-state index contributed by atoms with van der Waals surface area (Å²) in [6.45, 7) is 1.82. The van der Waals surface area contributed by atoms with E-state index in [0.717, 1.165) is 24.3 Å². The molecule has 0 aliphatic carbocycles. The Kier molecular flexibility index (Phi) is 4.94. The van der Waals surface area contributed by atoms with Gasteiger partial charge in [0.15, 0.2) is 0 Å². The van der Waals surface area contributed by atoms with Gasteiger partial charge in [0.25, 0.3) is 0 Å². The number of benzene rings is 1. The zero-order valence-electron chi connectivity index (χ0n) is 14.7. The molecule has 2 aliphatic rings. The van der Waals surface area contributed by atoms with Crippen LogP contribution in [0.1, 0.15) is 19.8 Å². The molecule has 7 nitrogen and oxygen atoms in total. The number of guanidine groups is 1. The Morgan fingerprint density at radius 1 is 1.32 bits per heavy atom. The lowest BCUT2D eigenvalue weighted by Gasteiger charge is -2.36. The van der Waals surface area contributed by atoms with Crippen molar-refractivity contribution in [2.24, 2.45) is 4.99 Å². The lowest BCUT2D eigenvalue weighted by atomic mass is 10.0. The first-order valence-corrected chi connectivity index (χ1v) is 8.27. The summed E-state index contributed by atoms with van der Waals surface area (Å²) in [6, 6.07) is 7.30. The van der Waals surface area contributed by atoms with Crippen molar-refractivity contribution in [2.45, 2.75) is 31.8 Å². The molecule has 2 aliphatic heterocycles. The molecule has 0 aromatic heterocycles. The summed E-state index contributed by atoms with van der Waals surface area (Å²) in [5, 5.41) is 13.0. The van der Waals surface area contributed by atoms with Crippen LogP contribution in [0.15, 0.2) is 40.5 Å². The maximum atomic E-state index is 12.2. The highest BCUT2D eigenvalue weighted by molar-refractivity contribution is 6.00. The molecule has 0 unspecified atom stereocenters. The van der Waals surface area contributed by atoms with Crippen LogP contribution in [-0.2, 0) is 9.53 Å². The molecule has 1 saturated heterocycles. The zero-order valence-corrected chi connectivity index (χ0v) is 14.7. The van der Waals surface area contributed by atoms with E-state index in [1.54, 1.807) is 7.11 Å². The van der Waals surface area contributed by atoms with Gasteiger partial charge in [0, 0.05) is 5.69 Å². The third-order valence-electron chi connectivity index (χ3n) is 4.71. The average Bonchev–Trinajstić information content (AvgIpc) is 3.06. The number of anilines is 1. The predicted octanol–water partition coefficient (Wildman–Crippen LogP) is 1.75. The average molecular weight is 345 g/mol. The van der Waals surface area contributed by atoms with Crippen LogP contribution in [-0.4, -0.2) is 54.8 Å². The standard InChI is InChI=1S/C18H23N3O4/c1-11-16(17(23)25-3)15-9-6-13(10-22)21(15)18(19-11)20-12-4-7-14(24-2)8-5-12/h4-5,7-8,13,15,22H,6,9-10H2,1-3H3,(H,19,20)/t13-,15-/m0/s1. The second kappa shape index (κ2) is 7.14. The number of aliphatic hydroxyl groups excluding tert-OH is 1. The van der Waals surface area contributed by atoms with Gasteiger partial charge in [0.2, 0.25) is 5.96 Å². The van der Waals surface area contributed by atoms with Crippen LogP contribution < -0.4 is 10.1 Å². The number of nitrogens with one attached hydrogen (secondary N) is 1. The summed E-state index contributed by atoms with van der Waals surface area (Å²) in [6.07, 6.45) is 1.56. The van der Waals surface area contributed by atoms with Gasteiger partial charge in [-0.05, 0) is 44.0 Å². The van der Waals surface area contributed by atoms with E-state index in [2.05, 4.69) is 10.3 Å². The fraction of sp³-hybridized carbons (Fsp3) is 0.444. The van der Waals surface area contributed by atoms with Crippen molar-refractivity contribution < 1.29 is 19.4 Å². The molecule has 1 aromatic carbocycles. The lowest BCUT2D eigenvalue weighted by Crippen LogP contribution is -2.50. The van der Waals surface area contributed by atoms with Gasteiger partial charge in [0.1, 0.15) is 5.75 Å². The van der Waals surface area contributed by atoms with Crippen LogP contribution in [0.25, 0.3) is 0 Å². The first-order valence-electron chi connectivity index (χ1n) is 8.27. The van der Waals surface area contributed by atoms with Crippen molar-refractivity contribution in [1.82, 2.24) is 4.90 Å². The van der Waals surface area contributed by atoms with Crippen molar-refractivity contribution in [3.05, 3.63) is 35.5 Å². The van der Waals surface area contributed by atoms with Gasteiger partial charge in [-0.15, -0.1) is 0 Å². The van der Waals surface area contributed by atoms with Gasteiger partial charge in [-0.3, -0.25) is 0 Å². The molecular weight excluding hydrogens is 322 g/mol. The molecule has 3 rings (SSSR count). The summed E-state index contributed by atoms with van der Waals surface area (Å²) in [5.41, 5.74) is 2.07. The molecule has 2 heterocycles. The van der Waals surface area contributed by atoms with E-state index in [0.29, 0.717) is 17.2 Å². The van der Waals surface area contributed by atoms with Crippen molar-refractivity contribution in [2.75, 3.05) is 26.1 Å². The van der Waals surface area contributed by atoms with Crippen LogP contribution in [0.5, 0.6) is 5.75 Å². The molecule has 0 bridgehead atoms. The van der Waals surface area contributed by atoms with Crippen LogP contribution in [0.4, 0.5) is 5.69 Å². The number of carbonyl (C=O) groups excluding carboxylic acids is 1. The molecule has 2 atom stereocenters. The topological polar surface area (TPSA) is 83.4 Å². The van der Waals surface area contributed by atoms with E-state index in [9.17, 15) is 9.90 Å². The molecular formula is C18H23N3O4. The minimum Gasteiger partial charge on any atom is -0.497 e. The van der Waals surface area contributed by atoms with Crippen molar-refractivity contribution in [3.63, 3.8) is 0 Å². The normalized spacial score (nSPS) is 22.4. The molecule has 0 saturated carbocycles. The molecule has 0 amide bonds. The first-order chi connectivity index (χ1) is 12.1. The van der Waals surface area contributed by atoms with E-state index in [1.807, 2.05) is 36.1 Å². The molecule has 1 fully saturated rings. The predicted molar refractivity (Wildman–Crippen MR) is 94.5 cm³/mol. The van der Waals surface area contributed by atoms with E-state index in [4.69, 9.17) is 9.47 Å². The number of fused-ring (bicyclic) bond motifs is 1. The molecule has 2 N–H and O–H groups in total. The first kappa shape index (κ1) is 17.3. The fourth-order valence-electron chi connectivity index (χ4n) is 3.47. The SMILES string of the molecule is COC(=O)C1=C(C)N=C(Nc2ccc(OC)cc2)N2[C@H](CO)CC[C@@H]12. The number of hydrogen-bond acceptors (Lipinski definition) is 7. The third kappa shape index (κ3) is 3.19. The molecule has 134 valence electrons. The van der Waals surface area contributed by atoms with Gasteiger partial charge >= 0.3 is 5.97 Å². The number of rotatable bonds is 4. The highest BCUT2D eigenvalue weighted by Gasteiger charge is 2.43.